The van der Waals surface area contributed by atoms with E-state index in [0.717, 1.165) is 0 Å². The molecule has 0 bridgehead atoms. The molecule has 0 aliphatic rings. The van der Waals surface area contributed by atoms with Crippen LogP contribution >= 0.6 is 11.6 Å². The molecule has 0 aliphatic heterocycles. The molecule has 3 aromatic rings. The highest BCUT2D eigenvalue weighted by Gasteiger charge is 2.25. The van der Waals surface area contributed by atoms with Crippen LogP contribution in [0.15, 0.2) is 48.8 Å². The highest BCUT2D eigenvalue weighted by atomic mass is 35.5. The molecule has 2 heterocycles. The maximum Gasteiger partial charge on any atom is 0.254 e. The number of hydrogen-bond acceptors (Lipinski definition) is 3. The Kier molecular flexibility index (Phi) is 5.94. The number of carbonyl (C=O) groups is 2. The van der Waals surface area contributed by atoms with E-state index >= 15 is 0 Å². The van der Waals surface area contributed by atoms with Gasteiger partial charge < -0.3 is 15.0 Å². The Balaban J connectivity index is 1.67. The summed E-state index contributed by atoms with van der Waals surface area (Å²) in [5, 5.41) is 5.96. The molecular formula is C20H20ClFN4O2. The molecule has 0 spiro atoms. The molecule has 0 radical (unpaired) electrons. The van der Waals surface area contributed by atoms with Gasteiger partial charge in [-0.25, -0.2) is 9.37 Å². The van der Waals surface area contributed by atoms with Crippen molar-refractivity contribution < 1.29 is 14.0 Å². The highest BCUT2D eigenvalue weighted by molar-refractivity contribution is 6.30. The van der Waals surface area contributed by atoms with Crippen molar-refractivity contribution in [3.8, 4) is 0 Å². The van der Waals surface area contributed by atoms with Crippen LogP contribution in [0.2, 0.25) is 5.02 Å². The van der Waals surface area contributed by atoms with Crippen LogP contribution in [0.1, 0.15) is 29.9 Å². The molecule has 0 saturated carbocycles. The molecular weight excluding hydrogens is 383 g/mol. The molecule has 8 heteroatoms. The van der Waals surface area contributed by atoms with Gasteiger partial charge in [0.1, 0.15) is 17.5 Å². The summed E-state index contributed by atoms with van der Waals surface area (Å²) in [5.41, 5.74) is 1.26. The Hall–Kier alpha value is -2.93. The molecule has 2 N–H and O–H groups in total. The topological polar surface area (TPSA) is 75.5 Å². The lowest BCUT2D eigenvalue weighted by molar-refractivity contribution is -0.124. The first-order chi connectivity index (χ1) is 13.3. The predicted molar refractivity (Wildman–Crippen MR) is 105 cm³/mol. The van der Waals surface area contributed by atoms with Gasteiger partial charge in [0.05, 0.1) is 22.8 Å². The molecule has 2 amide bonds. The minimum Gasteiger partial charge on any atom is -0.349 e. The number of pyridine rings is 1. The molecule has 1 unspecified atom stereocenters. The number of carbonyl (C=O) groups excluding carboxylic acids is 2. The van der Waals surface area contributed by atoms with Crippen molar-refractivity contribution in [1.29, 1.82) is 0 Å². The Bertz CT molecular complexity index is 1020. The summed E-state index contributed by atoms with van der Waals surface area (Å²) in [6.07, 6.45) is 3.49. The zero-order valence-electron chi connectivity index (χ0n) is 15.4. The van der Waals surface area contributed by atoms with Crippen molar-refractivity contribution in [3.63, 3.8) is 0 Å². The molecule has 6 nitrogen and oxygen atoms in total. The fourth-order valence-corrected chi connectivity index (χ4v) is 2.96. The summed E-state index contributed by atoms with van der Waals surface area (Å²) in [6, 6.07) is 8.35. The van der Waals surface area contributed by atoms with E-state index in [1.54, 1.807) is 48.8 Å². The van der Waals surface area contributed by atoms with Crippen LogP contribution in [-0.4, -0.2) is 27.2 Å². The average molecular weight is 403 g/mol. The van der Waals surface area contributed by atoms with E-state index in [9.17, 15) is 14.0 Å². The summed E-state index contributed by atoms with van der Waals surface area (Å²) in [6.45, 7) is 3.80. The van der Waals surface area contributed by atoms with Gasteiger partial charge in [-0.3, -0.25) is 9.59 Å². The van der Waals surface area contributed by atoms with Crippen LogP contribution in [0.4, 0.5) is 4.39 Å². The lowest BCUT2D eigenvalue weighted by Gasteiger charge is -2.21. The summed E-state index contributed by atoms with van der Waals surface area (Å²) in [5.74, 6) is -1.81. The van der Waals surface area contributed by atoms with E-state index in [2.05, 4.69) is 15.6 Å². The monoisotopic (exact) mass is 402 g/mol. The van der Waals surface area contributed by atoms with Crippen LogP contribution in [0.25, 0.3) is 5.65 Å². The number of nitrogens with one attached hydrogen (secondary N) is 2. The quantitative estimate of drug-likeness (QED) is 0.664. The van der Waals surface area contributed by atoms with Gasteiger partial charge in [-0.15, -0.1) is 0 Å². The van der Waals surface area contributed by atoms with E-state index in [-0.39, 0.29) is 23.9 Å². The molecule has 1 aromatic carbocycles. The Labute approximate surface area is 166 Å². The normalized spacial score (nSPS) is 12.2. The Morgan fingerprint density at radius 3 is 2.64 bits per heavy atom. The Morgan fingerprint density at radius 1 is 1.18 bits per heavy atom. The number of imidazole rings is 1. The zero-order chi connectivity index (χ0) is 20.3. The van der Waals surface area contributed by atoms with Crippen molar-refractivity contribution >= 4 is 29.1 Å². The molecule has 2 aromatic heterocycles. The van der Waals surface area contributed by atoms with Crippen LogP contribution in [0, 0.1) is 11.7 Å². The summed E-state index contributed by atoms with van der Waals surface area (Å²) >= 11 is 5.96. The number of fused-ring (bicyclic) bond motifs is 1. The van der Waals surface area contributed by atoms with Gasteiger partial charge >= 0.3 is 0 Å². The first-order valence-electron chi connectivity index (χ1n) is 8.81. The smallest absolute Gasteiger partial charge is 0.254 e. The van der Waals surface area contributed by atoms with Gasteiger partial charge in [0.15, 0.2) is 0 Å². The second-order valence-electron chi connectivity index (χ2n) is 6.74. The largest absolute Gasteiger partial charge is 0.349 e. The third-order valence-electron chi connectivity index (χ3n) is 4.26. The molecule has 0 aliphatic carbocycles. The third kappa shape index (κ3) is 4.48. The minimum atomic E-state index is -0.807. The number of hydrogen-bond donors (Lipinski definition) is 2. The number of nitrogens with zero attached hydrogens (tertiary/aromatic N) is 2. The van der Waals surface area contributed by atoms with Crippen molar-refractivity contribution in [2.24, 2.45) is 5.92 Å². The van der Waals surface area contributed by atoms with Crippen LogP contribution < -0.4 is 10.6 Å². The minimum absolute atomic E-state index is 0.0989. The molecule has 1 atom stereocenters. The van der Waals surface area contributed by atoms with Gasteiger partial charge in [0, 0.05) is 12.4 Å². The van der Waals surface area contributed by atoms with E-state index in [1.165, 1.54) is 18.2 Å². The highest BCUT2D eigenvalue weighted by Crippen LogP contribution is 2.12. The maximum atomic E-state index is 13.8. The lowest BCUT2D eigenvalue weighted by atomic mass is 10.0. The van der Waals surface area contributed by atoms with Crippen molar-refractivity contribution in [2.45, 2.75) is 26.4 Å². The second-order valence-corrected chi connectivity index (χ2v) is 7.17. The standard InChI is InChI=1S/C20H20ClFN4O2/c1-12(2)18(25-19(27)15-5-3-4-6-16(15)22)20(28)23-9-14-11-26-10-13(21)7-8-17(26)24-14/h3-8,10-12,18H,9H2,1-2H3,(H,23,28)(H,25,27). The lowest BCUT2D eigenvalue weighted by Crippen LogP contribution is -2.49. The average Bonchev–Trinajstić information content (AvgIpc) is 3.06. The van der Waals surface area contributed by atoms with E-state index in [1.807, 2.05) is 0 Å². The fourth-order valence-electron chi connectivity index (χ4n) is 2.79. The van der Waals surface area contributed by atoms with Crippen molar-refractivity contribution in [3.05, 3.63) is 70.9 Å². The van der Waals surface area contributed by atoms with E-state index in [0.29, 0.717) is 16.4 Å². The van der Waals surface area contributed by atoms with Gasteiger partial charge in [-0.2, -0.15) is 0 Å². The van der Waals surface area contributed by atoms with Gasteiger partial charge in [-0.1, -0.05) is 37.6 Å². The predicted octanol–water partition coefficient (Wildman–Crippen LogP) is 3.20. The number of halogens is 2. The van der Waals surface area contributed by atoms with Gasteiger partial charge in [-0.05, 0) is 30.2 Å². The molecule has 146 valence electrons. The molecule has 0 saturated heterocycles. The first kappa shape index (κ1) is 19.8. The number of benzene rings is 1. The molecule has 3 rings (SSSR count). The maximum absolute atomic E-state index is 13.8. The fraction of sp³-hybridized carbons (Fsp3) is 0.250. The van der Waals surface area contributed by atoms with Crippen molar-refractivity contribution in [2.75, 3.05) is 0 Å². The zero-order valence-corrected chi connectivity index (χ0v) is 16.2. The van der Waals surface area contributed by atoms with Crippen molar-refractivity contribution in [1.82, 2.24) is 20.0 Å². The number of aromatic nitrogens is 2. The van der Waals surface area contributed by atoms with Gasteiger partial charge in [0.2, 0.25) is 5.91 Å². The molecule has 28 heavy (non-hydrogen) atoms. The Morgan fingerprint density at radius 2 is 1.93 bits per heavy atom. The van der Waals surface area contributed by atoms with E-state index < -0.39 is 17.8 Å². The number of amides is 2. The summed E-state index contributed by atoms with van der Waals surface area (Å²) in [7, 11) is 0. The first-order valence-corrected chi connectivity index (χ1v) is 9.19. The SMILES string of the molecule is CC(C)C(NC(=O)c1ccccc1F)C(=O)NCc1cn2cc(Cl)ccc2n1. The van der Waals surface area contributed by atoms with Crippen LogP contribution in [-0.2, 0) is 11.3 Å². The second kappa shape index (κ2) is 8.39. The van der Waals surface area contributed by atoms with Crippen LogP contribution in [0.3, 0.4) is 0 Å². The third-order valence-corrected chi connectivity index (χ3v) is 4.49. The van der Waals surface area contributed by atoms with Gasteiger partial charge in [0.25, 0.3) is 5.91 Å². The van der Waals surface area contributed by atoms with E-state index in [4.69, 9.17) is 11.6 Å². The number of rotatable bonds is 6. The van der Waals surface area contributed by atoms with Crippen LogP contribution in [0.5, 0.6) is 0 Å². The summed E-state index contributed by atoms with van der Waals surface area (Å²) in [4.78, 5) is 29.4. The molecule has 0 fully saturated rings. The summed E-state index contributed by atoms with van der Waals surface area (Å²) < 4.78 is 15.6.